The molecule has 2 N–H and O–H groups in total. The van der Waals surface area contributed by atoms with Crippen molar-refractivity contribution < 1.29 is 13.9 Å². The van der Waals surface area contributed by atoms with E-state index in [0.717, 1.165) is 63.4 Å². The van der Waals surface area contributed by atoms with Crippen LogP contribution in [0.5, 0.6) is 0 Å². The highest BCUT2D eigenvalue weighted by Gasteiger charge is 2.23. The quantitative estimate of drug-likeness (QED) is 0.814. The molecule has 1 amide bonds. The van der Waals surface area contributed by atoms with Crippen molar-refractivity contribution in [3.8, 4) is 0 Å². The summed E-state index contributed by atoms with van der Waals surface area (Å²) in [6, 6.07) is 12.9. The van der Waals surface area contributed by atoms with Crippen molar-refractivity contribution in [2.45, 2.75) is 25.4 Å². The minimum Gasteiger partial charge on any atom is -0.373 e. The Kier molecular flexibility index (Phi) is 6.11. The third-order valence-electron chi connectivity index (χ3n) is 5.89. The van der Waals surface area contributed by atoms with E-state index in [-0.39, 0.29) is 24.2 Å². The van der Waals surface area contributed by atoms with Crippen molar-refractivity contribution in [3.05, 3.63) is 65.0 Å². The van der Waals surface area contributed by atoms with E-state index < -0.39 is 0 Å². The van der Waals surface area contributed by atoms with Gasteiger partial charge in [0.2, 0.25) is 5.91 Å². The minimum absolute atomic E-state index is 0.108. The van der Waals surface area contributed by atoms with E-state index in [1.54, 1.807) is 0 Å². The molecule has 0 aliphatic carbocycles. The molecule has 4 rings (SSSR count). The molecular weight excluding hydrogens is 369 g/mol. The molecule has 5 nitrogen and oxygen atoms in total. The normalized spacial score (nSPS) is 19.8. The molecule has 6 heteroatoms. The number of carbonyl (C=O) groups excluding carboxylic acids is 1. The van der Waals surface area contributed by atoms with Crippen LogP contribution < -0.4 is 10.6 Å². The van der Waals surface area contributed by atoms with Crippen molar-refractivity contribution in [2.75, 3.05) is 44.2 Å². The Labute approximate surface area is 171 Å². The fourth-order valence-corrected chi connectivity index (χ4v) is 4.32. The lowest BCUT2D eigenvalue weighted by atomic mass is 9.93. The number of rotatable bonds is 6. The van der Waals surface area contributed by atoms with Crippen LogP contribution in [0.2, 0.25) is 0 Å². The lowest BCUT2D eigenvalue weighted by molar-refractivity contribution is -0.117. The third kappa shape index (κ3) is 4.95. The predicted octanol–water partition coefficient (Wildman–Crippen LogP) is 2.68. The smallest absolute Gasteiger partial charge is 0.221 e. The minimum atomic E-state index is -0.298. The van der Waals surface area contributed by atoms with Crippen LogP contribution in [0.4, 0.5) is 10.1 Å². The molecule has 154 valence electrons. The molecule has 1 unspecified atom stereocenters. The molecule has 0 aromatic heterocycles. The Morgan fingerprint density at radius 1 is 1.10 bits per heavy atom. The maximum Gasteiger partial charge on any atom is 0.221 e. The largest absolute Gasteiger partial charge is 0.373 e. The fourth-order valence-electron chi connectivity index (χ4n) is 4.32. The zero-order valence-electron chi connectivity index (χ0n) is 16.6. The van der Waals surface area contributed by atoms with E-state index in [9.17, 15) is 9.18 Å². The van der Waals surface area contributed by atoms with Gasteiger partial charge in [-0.3, -0.25) is 9.69 Å². The molecule has 0 saturated carbocycles. The van der Waals surface area contributed by atoms with Crippen LogP contribution in [0.25, 0.3) is 0 Å². The Bertz CT molecular complexity index is 848. The summed E-state index contributed by atoms with van der Waals surface area (Å²) in [5.41, 5.74) is 9.91. The van der Waals surface area contributed by atoms with Gasteiger partial charge in [-0.15, -0.1) is 0 Å². The summed E-state index contributed by atoms with van der Waals surface area (Å²) in [4.78, 5) is 16.0. The maximum atomic E-state index is 13.1. The highest BCUT2D eigenvalue weighted by molar-refractivity contribution is 5.76. The van der Waals surface area contributed by atoms with E-state index in [2.05, 4.69) is 21.9 Å². The number of ether oxygens (including phenoxy) is 1. The van der Waals surface area contributed by atoms with E-state index in [1.165, 1.54) is 23.3 Å². The number of fused-ring (bicyclic) bond motifs is 1. The topological polar surface area (TPSA) is 58.8 Å². The first-order valence-electron chi connectivity index (χ1n) is 10.3. The van der Waals surface area contributed by atoms with Gasteiger partial charge >= 0.3 is 0 Å². The number of carbonyl (C=O) groups is 1. The number of primary amides is 1. The van der Waals surface area contributed by atoms with Crippen LogP contribution in [0, 0.1) is 5.82 Å². The van der Waals surface area contributed by atoms with Crippen LogP contribution in [0.3, 0.4) is 0 Å². The Balaban J connectivity index is 1.30. The highest BCUT2D eigenvalue weighted by atomic mass is 19.1. The van der Waals surface area contributed by atoms with Gasteiger partial charge in [0.05, 0.1) is 19.1 Å². The van der Waals surface area contributed by atoms with Gasteiger partial charge in [-0.25, -0.2) is 4.39 Å². The van der Waals surface area contributed by atoms with E-state index in [1.807, 2.05) is 18.2 Å². The van der Waals surface area contributed by atoms with Crippen LogP contribution >= 0.6 is 0 Å². The molecule has 2 heterocycles. The molecule has 2 aliphatic rings. The van der Waals surface area contributed by atoms with Crippen molar-refractivity contribution in [1.29, 1.82) is 0 Å². The average Bonchev–Trinajstić information content (AvgIpc) is 2.72. The summed E-state index contributed by atoms with van der Waals surface area (Å²) < 4.78 is 19.2. The van der Waals surface area contributed by atoms with Crippen LogP contribution in [0.1, 0.15) is 29.2 Å². The van der Waals surface area contributed by atoms with Crippen molar-refractivity contribution in [2.24, 2.45) is 5.73 Å². The van der Waals surface area contributed by atoms with Gasteiger partial charge < -0.3 is 15.4 Å². The number of piperazine rings is 1. The number of halogens is 1. The molecule has 0 bridgehead atoms. The first-order valence-corrected chi connectivity index (χ1v) is 10.3. The number of hydrogen-bond donors (Lipinski definition) is 1. The van der Waals surface area contributed by atoms with Gasteiger partial charge in [-0.1, -0.05) is 18.2 Å². The summed E-state index contributed by atoms with van der Waals surface area (Å²) in [7, 11) is 0. The molecule has 0 spiro atoms. The number of anilines is 1. The zero-order chi connectivity index (χ0) is 20.2. The first kappa shape index (κ1) is 19.9. The molecule has 1 saturated heterocycles. The van der Waals surface area contributed by atoms with Crippen molar-refractivity contribution in [3.63, 3.8) is 0 Å². The summed E-state index contributed by atoms with van der Waals surface area (Å²) >= 11 is 0. The molecule has 2 aliphatic heterocycles. The zero-order valence-corrected chi connectivity index (χ0v) is 16.6. The molecule has 1 fully saturated rings. The van der Waals surface area contributed by atoms with Crippen molar-refractivity contribution >= 4 is 11.6 Å². The molecule has 0 radical (unpaired) electrons. The maximum absolute atomic E-state index is 13.1. The molecule has 1 atom stereocenters. The van der Waals surface area contributed by atoms with Gasteiger partial charge in [-0.05, 0) is 53.8 Å². The van der Waals surface area contributed by atoms with Gasteiger partial charge in [0.1, 0.15) is 5.82 Å². The lowest BCUT2D eigenvalue weighted by Crippen LogP contribution is -2.46. The van der Waals surface area contributed by atoms with Crippen LogP contribution in [-0.2, 0) is 22.4 Å². The number of benzene rings is 2. The number of nitrogens with two attached hydrogens (primary N) is 1. The molecule has 2 aromatic rings. The summed E-state index contributed by atoms with van der Waals surface area (Å²) in [5, 5.41) is 0. The second-order valence-corrected chi connectivity index (χ2v) is 7.88. The summed E-state index contributed by atoms with van der Waals surface area (Å²) in [5.74, 6) is -0.491. The van der Waals surface area contributed by atoms with E-state index in [0.29, 0.717) is 0 Å². The average molecular weight is 397 g/mol. The standard InChI is InChI=1S/C23H28FN3O2/c24-19-2-4-20(5-3-19)27-12-10-26(11-13-27)9-7-22-21-6-1-17(16-23(25)28)15-18(21)8-14-29-22/h1-6,15,22H,7-14,16H2,(H2,25,28). The Morgan fingerprint density at radius 2 is 1.86 bits per heavy atom. The van der Waals surface area contributed by atoms with Crippen LogP contribution in [-0.4, -0.2) is 50.1 Å². The molecule has 2 aromatic carbocycles. The number of nitrogens with zero attached hydrogens (tertiary/aromatic N) is 2. The second-order valence-electron chi connectivity index (χ2n) is 7.88. The number of hydrogen-bond acceptors (Lipinski definition) is 4. The van der Waals surface area contributed by atoms with Gasteiger partial charge in [-0.2, -0.15) is 0 Å². The lowest BCUT2D eigenvalue weighted by Gasteiger charge is -2.37. The van der Waals surface area contributed by atoms with Gasteiger partial charge in [0, 0.05) is 38.4 Å². The third-order valence-corrected chi connectivity index (χ3v) is 5.89. The van der Waals surface area contributed by atoms with E-state index >= 15 is 0 Å². The second kappa shape index (κ2) is 8.93. The molecular formula is C23H28FN3O2. The SMILES string of the molecule is NC(=O)Cc1ccc2c(c1)CCOC2CCN1CCN(c2ccc(F)cc2)CC1. The Morgan fingerprint density at radius 3 is 2.59 bits per heavy atom. The summed E-state index contributed by atoms with van der Waals surface area (Å²) in [6.07, 6.45) is 2.24. The fraction of sp³-hybridized carbons (Fsp3) is 0.435. The van der Waals surface area contributed by atoms with Crippen LogP contribution in [0.15, 0.2) is 42.5 Å². The van der Waals surface area contributed by atoms with Gasteiger partial charge in [0.25, 0.3) is 0 Å². The molecule has 29 heavy (non-hydrogen) atoms. The highest BCUT2D eigenvalue weighted by Crippen LogP contribution is 2.31. The van der Waals surface area contributed by atoms with Gasteiger partial charge in [0.15, 0.2) is 0 Å². The Hall–Kier alpha value is -2.44. The predicted molar refractivity (Wildman–Crippen MR) is 111 cm³/mol. The first-order chi connectivity index (χ1) is 14.1. The monoisotopic (exact) mass is 397 g/mol. The number of amides is 1. The van der Waals surface area contributed by atoms with Crippen molar-refractivity contribution in [1.82, 2.24) is 4.90 Å². The van der Waals surface area contributed by atoms with E-state index in [4.69, 9.17) is 10.5 Å². The summed E-state index contributed by atoms with van der Waals surface area (Å²) in [6.45, 7) is 5.60.